The minimum Gasteiger partial charge on any atom is -0.480 e. The summed E-state index contributed by atoms with van der Waals surface area (Å²) >= 11 is 0. The predicted octanol–water partition coefficient (Wildman–Crippen LogP) is -4.60. The number of aliphatic hydroxyl groups excluding tert-OH is 2. The number of imidazole rings is 1. The van der Waals surface area contributed by atoms with E-state index in [1.807, 2.05) is 13.8 Å². The van der Waals surface area contributed by atoms with Gasteiger partial charge in [0.05, 0.1) is 31.5 Å². The molecule has 2 rings (SSSR count). The molecule has 10 atom stereocenters. The molecule has 72 heavy (non-hydrogen) atoms. The number of nitrogens with zero attached hydrogens (tertiary/aromatic N) is 2. The highest BCUT2D eigenvalue weighted by Gasteiger charge is 2.41. The highest BCUT2D eigenvalue weighted by Crippen LogP contribution is 2.22. The largest absolute Gasteiger partial charge is 0.480 e. The fraction of sp³-hybridized carbons (Fsp3) is 0.689. The van der Waals surface area contributed by atoms with E-state index >= 15 is 0 Å². The summed E-state index contributed by atoms with van der Waals surface area (Å²) < 4.78 is 0. The Hall–Kier alpha value is -6.74. The maximum Gasteiger partial charge on any atom is 0.328 e. The molecule has 27 heteroatoms. The normalized spacial score (nSPS) is 17.2. The van der Waals surface area contributed by atoms with E-state index in [9.17, 15) is 68.1 Å². The molecule has 2 heterocycles. The molecule has 1 aromatic heterocycles. The zero-order chi connectivity index (χ0) is 54.6. The van der Waals surface area contributed by atoms with Gasteiger partial charge in [-0.25, -0.2) is 9.78 Å². The number of aromatic amines is 1. The van der Waals surface area contributed by atoms with Crippen LogP contribution in [-0.4, -0.2) is 169 Å². The SMILES string of the molecule is CC(C)C[C@H](NC(=O)[C@@H]1CCCN1C(=O)[C@H](CC(C)C)NC(=O)[C@H](CO)NC(=O)[C@H](CC(N)=O)NC(=O)[C@H](Cc1cnc[nH]1)NC(=O)[C@H](CCC(N)=O)NC(=O)[C@@H](N)CC(C)C)C(=O)N[C@H](C(=O)O)[C@@H](C)O. The second-order valence-corrected chi connectivity index (χ2v) is 19.3. The number of carboxylic acids is 1. The molecule has 1 saturated heterocycles. The number of aromatic nitrogens is 2. The molecule has 0 spiro atoms. The van der Waals surface area contributed by atoms with Crippen molar-refractivity contribution in [3.8, 4) is 0 Å². The Morgan fingerprint density at radius 2 is 1.19 bits per heavy atom. The van der Waals surface area contributed by atoms with E-state index in [4.69, 9.17) is 17.2 Å². The van der Waals surface area contributed by atoms with Crippen molar-refractivity contribution >= 4 is 65.0 Å². The van der Waals surface area contributed by atoms with Crippen molar-refractivity contribution in [2.45, 2.75) is 167 Å². The molecule has 1 fully saturated rings. The van der Waals surface area contributed by atoms with E-state index in [2.05, 4.69) is 47.2 Å². The van der Waals surface area contributed by atoms with Crippen LogP contribution in [0.5, 0.6) is 0 Å². The fourth-order valence-corrected chi connectivity index (χ4v) is 7.78. The fourth-order valence-electron chi connectivity index (χ4n) is 7.78. The number of nitrogens with two attached hydrogens (primary N) is 3. The molecular weight excluding hydrogens is 947 g/mol. The van der Waals surface area contributed by atoms with Crippen molar-refractivity contribution in [3.63, 3.8) is 0 Å². The molecule has 404 valence electrons. The molecule has 1 aliphatic heterocycles. The van der Waals surface area contributed by atoms with Gasteiger partial charge in [-0.1, -0.05) is 41.5 Å². The third kappa shape index (κ3) is 20.5. The van der Waals surface area contributed by atoms with E-state index in [0.717, 1.165) is 0 Å². The minimum absolute atomic E-state index is 0.0113. The Morgan fingerprint density at radius 1 is 0.681 bits per heavy atom. The summed E-state index contributed by atoms with van der Waals surface area (Å²) in [6, 6.07) is -13.0. The number of carbonyl (C=O) groups excluding carboxylic acids is 10. The van der Waals surface area contributed by atoms with Gasteiger partial charge in [-0.05, 0) is 63.2 Å². The van der Waals surface area contributed by atoms with Crippen molar-refractivity contribution in [2.24, 2.45) is 35.0 Å². The monoisotopic (exact) mass is 1020 g/mol. The summed E-state index contributed by atoms with van der Waals surface area (Å²) in [6.07, 6.45) is 0.265. The Labute approximate surface area is 417 Å². The van der Waals surface area contributed by atoms with Crippen LogP contribution in [0.4, 0.5) is 0 Å². The number of H-pyrrole nitrogens is 1. The van der Waals surface area contributed by atoms with E-state index in [1.54, 1.807) is 27.7 Å². The van der Waals surface area contributed by atoms with Crippen molar-refractivity contribution < 1.29 is 68.1 Å². The van der Waals surface area contributed by atoms with Crippen molar-refractivity contribution in [2.75, 3.05) is 13.2 Å². The number of primary amides is 2. The zero-order valence-electron chi connectivity index (χ0n) is 41.9. The van der Waals surface area contributed by atoms with Crippen molar-refractivity contribution in [1.82, 2.24) is 52.1 Å². The van der Waals surface area contributed by atoms with Crippen LogP contribution in [0, 0.1) is 17.8 Å². The lowest BCUT2D eigenvalue weighted by Crippen LogP contribution is -2.61. The second-order valence-electron chi connectivity index (χ2n) is 19.3. The lowest BCUT2D eigenvalue weighted by Gasteiger charge is -2.31. The average molecular weight is 1020 g/mol. The van der Waals surface area contributed by atoms with Crippen LogP contribution in [0.1, 0.15) is 106 Å². The smallest absolute Gasteiger partial charge is 0.328 e. The summed E-state index contributed by atoms with van der Waals surface area (Å²) in [5, 5.41) is 46.7. The van der Waals surface area contributed by atoms with Gasteiger partial charge < -0.3 is 79.6 Å². The molecule has 1 aliphatic rings. The summed E-state index contributed by atoms with van der Waals surface area (Å²) in [5.41, 5.74) is 17.1. The Kier molecular flexibility index (Phi) is 25.2. The molecule has 0 radical (unpaired) electrons. The van der Waals surface area contributed by atoms with Crippen LogP contribution < -0.4 is 54.4 Å². The van der Waals surface area contributed by atoms with Crippen LogP contribution in [0.3, 0.4) is 0 Å². The van der Waals surface area contributed by atoms with Crippen LogP contribution in [0.2, 0.25) is 0 Å². The first-order valence-corrected chi connectivity index (χ1v) is 23.9. The predicted molar refractivity (Wildman–Crippen MR) is 256 cm³/mol. The second kappa shape index (κ2) is 29.6. The molecule has 0 saturated carbocycles. The molecule has 0 bridgehead atoms. The molecule has 0 aromatic carbocycles. The van der Waals surface area contributed by atoms with E-state index in [1.165, 1.54) is 24.3 Å². The Balaban J connectivity index is 2.34. The number of nitrogens with one attached hydrogen (secondary N) is 8. The maximum atomic E-state index is 14.2. The summed E-state index contributed by atoms with van der Waals surface area (Å²) in [4.78, 5) is 153. The number of aliphatic carboxylic acids is 1. The number of amides is 10. The number of carbonyl (C=O) groups is 11. The topological polar surface area (TPSA) is 443 Å². The Bertz CT molecular complexity index is 2050. The maximum absolute atomic E-state index is 14.2. The first kappa shape index (κ1) is 61.4. The van der Waals surface area contributed by atoms with Gasteiger partial charge in [0.1, 0.15) is 42.3 Å². The average Bonchev–Trinajstić information content (AvgIpc) is 3.99. The van der Waals surface area contributed by atoms with Gasteiger partial charge >= 0.3 is 5.97 Å². The van der Waals surface area contributed by atoms with E-state index in [0.29, 0.717) is 12.1 Å². The lowest BCUT2D eigenvalue weighted by molar-refractivity contribution is -0.146. The Morgan fingerprint density at radius 3 is 1.72 bits per heavy atom. The molecule has 17 N–H and O–H groups in total. The first-order valence-electron chi connectivity index (χ1n) is 23.9. The van der Waals surface area contributed by atoms with Crippen LogP contribution in [-0.2, 0) is 59.2 Å². The van der Waals surface area contributed by atoms with Crippen molar-refractivity contribution in [3.05, 3.63) is 18.2 Å². The number of hydrogen-bond donors (Lipinski definition) is 14. The number of aliphatic hydroxyl groups is 2. The summed E-state index contributed by atoms with van der Waals surface area (Å²) in [7, 11) is 0. The lowest BCUT2D eigenvalue weighted by atomic mass is 10.0. The molecule has 10 amide bonds. The van der Waals surface area contributed by atoms with Crippen LogP contribution in [0.15, 0.2) is 12.5 Å². The number of carboxylic acid groups (broad SMARTS) is 1. The first-order chi connectivity index (χ1) is 33.6. The van der Waals surface area contributed by atoms with Gasteiger partial charge in [0, 0.05) is 31.3 Å². The molecule has 0 aliphatic carbocycles. The summed E-state index contributed by atoms with van der Waals surface area (Å²) in [5.74, 6) is -11.1. The van der Waals surface area contributed by atoms with Gasteiger partial charge in [-0.15, -0.1) is 0 Å². The van der Waals surface area contributed by atoms with Gasteiger partial charge in [-0.2, -0.15) is 0 Å². The van der Waals surface area contributed by atoms with Crippen LogP contribution >= 0.6 is 0 Å². The molecular formula is C45H75N13O14. The highest BCUT2D eigenvalue weighted by molar-refractivity contribution is 5.99. The third-order valence-corrected chi connectivity index (χ3v) is 11.4. The van der Waals surface area contributed by atoms with Gasteiger partial charge in [0.15, 0.2) is 6.04 Å². The van der Waals surface area contributed by atoms with Crippen LogP contribution in [0.25, 0.3) is 0 Å². The van der Waals surface area contributed by atoms with Crippen molar-refractivity contribution in [1.29, 1.82) is 0 Å². The van der Waals surface area contributed by atoms with E-state index < -0.39 is 139 Å². The van der Waals surface area contributed by atoms with E-state index in [-0.39, 0.29) is 69.2 Å². The number of likely N-dealkylation sites (tertiary alicyclic amines) is 1. The van der Waals surface area contributed by atoms with Gasteiger partial charge in [0.2, 0.25) is 59.1 Å². The summed E-state index contributed by atoms with van der Waals surface area (Å²) in [6.45, 7) is 10.9. The zero-order valence-corrected chi connectivity index (χ0v) is 41.9. The quantitative estimate of drug-likeness (QED) is 0.0333. The minimum atomic E-state index is -1.82. The highest BCUT2D eigenvalue weighted by atomic mass is 16.4. The third-order valence-electron chi connectivity index (χ3n) is 11.4. The molecule has 0 unspecified atom stereocenters. The molecule has 1 aromatic rings. The number of hydrogen-bond acceptors (Lipinski definition) is 15. The van der Waals surface area contributed by atoms with Gasteiger partial charge in [-0.3, -0.25) is 47.9 Å². The molecule has 27 nitrogen and oxygen atoms in total. The van der Waals surface area contributed by atoms with Gasteiger partial charge in [0.25, 0.3) is 0 Å². The number of rotatable bonds is 31. The standard InChI is InChI=1S/C45H75N13O14/c1-21(2)13-26(46)37(63)51-27(10-11-34(47)61)38(64)52-29(16-25-18-49-20-50-25)39(65)53-30(17-35(48)62)40(66)56-32(19-59)42(68)55-31(15-23(5)6)44(70)58-12-8-9-33(58)43(69)54-28(14-22(3)4)41(67)57-36(24(7)60)45(71)72/h18,20-24,26-33,36,59-60H,8-17,19,46H2,1-7H3,(H2,47,61)(H2,48,62)(H,49,50)(H,51,63)(H,52,64)(H,53,65)(H,54,69)(H,55,68)(H,56,66)(H,57,67)(H,71,72)/t24-,26+,27+,28+,29+,30+,31+,32+,33+,36+/m1/s1.